The number of likely N-dealkylation sites (tertiary alicyclic amines) is 1. The number of amides is 1. The van der Waals surface area contributed by atoms with Crippen LogP contribution in [0.5, 0.6) is 0 Å². The molecule has 0 aromatic carbocycles. The third-order valence-electron chi connectivity index (χ3n) is 3.94. The number of imidazole rings is 1. The van der Waals surface area contributed by atoms with Crippen LogP contribution in [0.15, 0.2) is 12.4 Å². The predicted molar refractivity (Wildman–Crippen MR) is 71.1 cm³/mol. The Kier molecular flexibility index (Phi) is 3.61. The molecule has 5 heteroatoms. The Morgan fingerprint density at radius 2 is 2.37 bits per heavy atom. The molecule has 1 aromatic heterocycles. The topological polar surface area (TPSA) is 61.9 Å². The highest BCUT2D eigenvalue weighted by molar-refractivity contribution is 5.77. The van der Waals surface area contributed by atoms with Gasteiger partial charge in [0.05, 0.1) is 6.07 Å². The highest BCUT2D eigenvalue weighted by Crippen LogP contribution is 2.34. The SMILES string of the molecule is Cc1nccn1CC(=O)N1CCCC(C)(C)C1C#N. The first kappa shape index (κ1) is 13.6. The number of nitriles is 1. The molecule has 0 spiro atoms. The molecule has 1 fully saturated rings. The molecule has 1 aliphatic rings. The minimum Gasteiger partial charge on any atom is -0.326 e. The third-order valence-corrected chi connectivity index (χ3v) is 3.94. The summed E-state index contributed by atoms with van der Waals surface area (Å²) in [4.78, 5) is 18.2. The van der Waals surface area contributed by atoms with Gasteiger partial charge in [-0.1, -0.05) is 13.8 Å². The van der Waals surface area contributed by atoms with Gasteiger partial charge in [0.15, 0.2) is 0 Å². The summed E-state index contributed by atoms with van der Waals surface area (Å²) in [7, 11) is 0. The van der Waals surface area contributed by atoms with Crippen LogP contribution >= 0.6 is 0 Å². The number of carbonyl (C=O) groups excluding carboxylic acids is 1. The molecule has 1 amide bonds. The number of carbonyl (C=O) groups is 1. The Bertz CT molecular complexity index is 512. The zero-order valence-electron chi connectivity index (χ0n) is 11.8. The largest absolute Gasteiger partial charge is 0.326 e. The van der Waals surface area contributed by atoms with Crippen LogP contribution in [-0.2, 0) is 11.3 Å². The van der Waals surface area contributed by atoms with Gasteiger partial charge in [-0.3, -0.25) is 4.79 Å². The molecule has 0 N–H and O–H groups in total. The van der Waals surface area contributed by atoms with Gasteiger partial charge < -0.3 is 9.47 Å². The number of nitrogens with zero attached hydrogens (tertiary/aromatic N) is 4. The molecule has 0 saturated carbocycles. The van der Waals surface area contributed by atoms with Crippen LogP contribution in [0.4, 0.5) is 0 Å². The maximum absolute atomic E-state index is 12.4. The number of hydrogen-bond donors (Lipinski definition) is 0. The molecule has 1 saturated heterocycles. The monoisotopic (exact) mass is 260 g/mol. The van der Waals surface area contributed by atoms with Crippen LogP contribution in [-0.4, -0.2) is 32.9 Å². The van der Waals surface area contributed by atoms with E-state index in [0.717, 1.165) is 18.7 Å². The van der Waals surface area contributed by atoms with Crippen LogP contribution in [0.1, 0.15) is 32.5 Å². The average Bonchev–Trinajstić information content (AvgIpc) is 2.73. The lowest BCUT2D eigenvalue weighted by atomic mass is 9.77. The van der Waals surface area contributed by atoms with E-state index in [0.29, 0.717) is 6.54 Å². The van der Waals surface area contributed by atoms with Gasteiger partial charge in [-0.25, -0.2) is 4.98 Å². The van der Waals surface area contributed by atoms with Crippen molar-refractivity contribution >= 4 is 5.91 Å². The van der Waals surface area contributed by atoms with Crippen LogP contribution in [0.25, 0.3) is 0 Å². The molecular weight excluding hydrogens is 240 g/mol. The van der Waals surface area contributed by atoms with Crippen LogP contribution in [0.2, 0.25) is 0 Å². The van der Waals surface area contributed by atoms with Gasteiger partial charge in [-0.2, -0.15) is 5.26 Å². The number of hydrogen-bond acceptors (Lipinski definition) is 3. The highest BCUT2D eigenvalue weighted by atomic mass is 16.2. The highest BCUT2D eigenvalue weighted by Gasteiger charge is 2.39. The molecule has 1 aromatic rings. The summed E-state index contributed by atoms with van der Waals surface area (Å²) in [5, 5.41) is 9.36. The summed E-state index contributed by atoms with van der Waals surface area (Å²) >= 11 is 0. The molecule has 1 aliphatic heterocycles. The molecule has 19 heavy (non-hydrogen) atoms. The van der Waals surface area contributed by atoms with Crippen molar-refractivity contribution in [2.75, 3.05) is 6.54 Å². The molecule has 5 nitrogen and oxygen atoms in total. The van der Waals surface area contributed by atoms with E-state index >= 15 is 0 Å². The van der Waals surface area contributed by atoms with E-state index < -0.39 is 0 Å². The Hall–Kier alpha value is -1.83. The summed E-state index contributed by atoms with van der Waals surface area (Å²) < 4.78 is 1.82. The quantitative estimate of drug-likeness (QED) is 0.813. The average molecular weight is 260 g/mol. The first-order valence-electron chi connectivity index (χ1n) is 6.62. The fourth-order valence-corrected chi connectivity index (χ4v) is 2.71. The van der Waals surface area contributed by atoms with Gasteiger partial charge in [-0.15, -0.1) is 0 Å². The van der Waals surface area contributed by atoms with Gasteiger partial charge in [0.25, 0.3) is 0 Å². The zero-order chi connectivity index (χ0) is 14.0. The van der Waals surface area contributed by atoms with Crippen molar-refractivity contribution in [2.24, 2.45) is 5.41 Å². The second-order valence-corrected chi connectivity index (χ2v) is 5.81. The van der Waals surface area contributed by atoms with Crippen molar-refractivity contribution in [1.82, 2.24) is 14.5 Å². The molecule has 1 unspecified atom stereocenters. The first-order valence-corrected chi connectivity index (χ1v) is 6.62. The van der Waals surface area contributed by atoms with E-state index in [1.165, 1.54) is 0 Å². The van der Waals surface area contributed by atoms with Gasteiger partial charge in [0, 0.05) is 18.9 Å². The first-order chi connectivity index (χ1) is 8.95. The maximum atomic E-state index is 12.4. The molecule has 0 aliphatic carbocycles. The van der Waals surface area contributed by atoms with Gasteiger partial charge in [-0.05, 0) is 25.2 Å². The lowest BCUT2D eigenvalue weighted by molar-refractivity contribution is -0.137. The Morgan fingerprint density at radius 1 is 1.63 bits per heavy atom. The van der Waals surface area contributed by atoms with E-state index in [9.17, 15) is 10.1 Å². The Balaban J connectivity index is 2.14. The molecule has 2 heterocycles. The van der Waals surface area contributed by atoms with Crippen molar-refractivity contribution < 1.29 is 4.79 Å². The van der Waals surface area contributed by atoms with Crippen molar-refractivity contribution in [1.29, 1.82) is 5.26 Å². The fourth-order valence-electron chi connectivity index (χ4n) is 2.71. The normalized spacial score (nSPS) is 22.0. The van der Waals surface area contributed by atoms with Crippen molar-refractivity contribution in [2.45, 2.75) is 46.2 Å². The van der Waals surface area contributed by atoms with E-state index in [1.807, 2.05) is 11.5 Å². The van der Waals surface area contributed by atoms with Gasteiger partial charge >= 0.3 is 0 Å². The zero-order valence-corrected chi connectivity index (χ0v) is 11.8. The summed E-state index contributed by atoms with van der Waals surface area (Å²) in [6.45, 7) is 6.93. The van der Waals surface area contributed by atoms with E-state index in [-0.39, 0.29) is 23.9 Å². The van der Waals surface area contributed by atoms with Crippen LogP contribution in [0, 0.1) is 23.7 Å². The fraction of sp³-hybridized carbons (Fsp3) is 0.643. The molecule has 102 valence electrons. The van der Waals surface area contributed by atoms with E-state index in [4.69, 9.17) is 0 Å². The molecule has 2 rings (SSSR count). The smallest absolute Gasteiger partial charge is 0.243 e. The third kappa shape index (κ3) is 2.62. The molecule has 0 radical (unpaired) electrons. The lowest BCUT2D eigenvalue weighted by Crippen LogP contribution is -2.52. The number of aromatic nitrogens is 2. The molecule has 1 atom stereocenters. The summed E-state index contributed by atoms with van der Waals surface area (Å²) in [5.74, 6) is 0.818. The van der Waals surface area contributed by atoms with E-state index in [1.54, 1.807) is 17.3 Å². The second-order valence-electron chi connectivity index (χ2n) is 5.81. The summed E-state index contributed by atoms with van der Waals surface area (Å²) in [6, 6.07) is 1.96. The lowest BCUT2D eigenvalue weighted by Gasteiger charge is -2.42. The van der Waals surface area contributed by atoms with Crippen molar-refractivity contribution in [3.63, 3.8) is 0 Å². The van der Waals surface area contributed by atoms with Gasteiger partial charge in [0.1, 0.15) is 18.4 Å². The number of aryl methyl sites for hydroxylation is 1. The number of rotatable bonds is 2. The summed E-state index contributed by atoms with van der Waals surface area (Å²) in [6.07, 6.45) is 5.42. The second kappa shape index (κ2) is 5.04. The van der Waals surface area contributed by atoms with Crippen LogP contribution in [0.3, 0.4) is 0 Å². The van der Waals surface area contributed by atoms with Crippen LogP contribution < -0.4 is 0 Å². The number of piperidine rings is 1. The summed E-state index contributed by atoms with van der Waals surface area (Å²) in [5.41, 5.74) is -0.132. The van der Waals surface area contributed by atoms with E-state index in [2.05, 4.69) is 24.9 Å². The standard InChI is InChI=1S/C14H20N4O/c1-11-16-6-8-17(11)10-13(19)18-7-4-5-14(2,3)12(18)9-15/h6,8,12H,4-5,7,10H2,1-3H3. The Morgan fingerprint density at radius 3 is 2.95 bits per heavy atom. The minimum atomic E-state index is -0.336. The molecule has 0 bridgehead atoms. The Labute approximate surface area is 113 Å². The predicted octanol–water partition coefficient (Wildman–Crippen LogP) is 1.73. The van der Waals surface area contributed by atoms with Crippen molar-refractivity contribution in [3.05, 3.63) is 18.2 Å². The maximum Gasteiger partial charge on any atom is 0.243 e. The molecular formula is C14H20N4O. The minimum absolute atomic E-state index is 0.000394. The van der Waals surface area contributed by atoms with Gasteiger partial charge in [0.2, 0.25) is 5.91 Å². The van der Waals surface area contributed by atoms with Crippen molar-refractivity contribution in [3.8, 4) is 6.07 Å².